The van der Waals surface area contributed by atoms with Gasteiger partial charge in [-0.3, -0.25) is 24.0 Å². The number of ether oxygens (including phenoxy) is 1. The first-order valence-electron chi connectivity index (χ1n) is 10.6. The molecule has 0 unspecified atom stereocenters. The Morgan fingerprint density at radius 2 is 1.97 bits per heavy atom. The Bertz CT molecular complexity index is 1250. The van der Waals surface area contributed by atoms with Crippen LogP contribution in [-0.4, -0.2) is 27.0 Å². The molecule has 176 valence electrons. The van der Waals surface area contributed by atoms with E-state index in [1.807, 2.05) is 6.92 Å². The number of carbonyl (C=O) groups is 1. The molecule has 0 spiro atoms. The van der Waals surface area contributed by atoms with Gasteiger partial charge in [-0.1, -0.05) is 24.9 Å². The maximum Gasteiger partial charge on any atom is 0.330 e. The van der Waals surface area contributed by atoms with Crippen molar-refractivity contribution in [1.82, 2.24) is 14.5 Å². The number of aryl methyl sites for hydroxylation is 1. The number of amides is 1. The van der Waals surface area contributed by atoms with Gasteiger partial charge in [0, 0.05) is 18.1 Å². The van der Waals surface area contributed by atoms with Gasteiger partial charge in [-0.15, -0.1) is 11.3 Å². The van der Waals surface area contributed by atoms with Gasteiger partial charge in [-0.2, -0.15) is 0 Å². The number of nitrogens with zero attached hydrogens (tertiary/aromatic N) is 3. The fourth-order valence-electron chi connectivity index (χ4n) is 3.29. The molecule has 33 heavy (non-hydrogen) atoms. The van der Waals surface area contributed by atoms with Crippen LogP contribution in [0.4, 0.5) is 11.5 Å². The first kappa shape index (κ1) is 24.5. The van der Waals surface area contributed by atoms with E-state index in [0.29, 0.717) is 39.3 Å². The Hall–Kier alpha value is -3.11. The molecule has 9 nitrogen and oxygen atoms in total. The quantitative estimate of drug-likeness (QED) is 0.471. The van der Waals surface area contributed by atoms with Crippen LogP contribution < -0.4 is 26.6 Å². The average molecular weight is 492 g/mol. The van der Waals surface area contributed by atoms with E-state index in [4.69, 9.17) is 22.1 Å². The number of nitrogens with two attached hydrogens (primary N) is 1. The van der Waals surface area contributed by atoms with Crippen molar-refractivity contribution in [3.63, 3.8) is 0 Å². The Kier molecular flexibility index (Phi) is 7.93. The van der Waals surface area contributed by atoms with Gasteiger partial charge in [0.2, 0.25) is 0 Å². The second-order valence-electron chi connectivity index (χ2n) is 7.31. The van der Waals surface area contributed by atoms with Crippen LogP contribution >= 0.6 is 22.9 Å². The fourth-order valence-corrected chi connectivity index (χ4v) is 4.34. The number of thiazole rings is 1. The minimum atomic E-state index is -0.700. The van der Waals surface area contributed by atoms with Gasteiger partial charge >= 0.3 is 5.69 Å². The number of benzene rings is 1. The summed E-state index contributed by atoms with van der Waals surface area (Å²) in [7, 11) is 0. The standard InChI is InChI=1S/C22H26ClN5O4S/c1-4-6-11-28-19(24)17(20(29)26-22(28)31)27(5-2)21(30)18-13(3)25-16(33-18)12-32-15-9-7-14(23)8-10-15/h7-10H,4-6,11-12,24H2,1-3H3,(H,26,29,31). The minimum Gasteiger partial charge on any atom is -0.486 e. The zero-order valence-electron chi connectivity index (χ0n) is 18.7. The number of hydrogen-bond acceptors (Lipinski definition) is 7. The summed E-state index contributed by atoms with van der Waals surface area (Å²) in [6, 6.07) is 6.94. The molecule has 0 aliphatic rings. The molecule has 0 bridgehead atoms. The zero-order valence-corrected chi connectivity index (χ0v) is 20.3. The highest BCUT2D eigenvalue weighted by atomic mass is 35.5. The van der Waals surface area contributed by atoms with Crippen LogP contribution in [0.15, 0.2) is 33.9 Å². The Morgan fingerprint density at radius 1 is 1.27 bits per heavy atom. The number of aromatic nitrogens is 3. The van der Waals surface area contributed by atoms with Crippen LogP contribution in [0.2, 0.25) is 5.02 Å². The van der Waals surface area contributed by atoms with Crippen LogP contribution in [0.3, 0.4) is 0 Å². The highest BCUT2D eigenvalue weighted by Gasteiger charge is 2.27. The maximum absolute atomic E-state index is 13.4. The number of rotatable bonds is 9. The highest BCUT2D eigenvalue weighted by molar-refractivity contribution is 7.13. The molecule has 0 saturated carbocycles. The third-order valence-corrected chi connectivity index (χ3v) is 6.36. The van der Waals surface area contributed by atoms with Gasteiger partial charge in [0.1, 0.15) is 28.1 Å². The predicted molar refractivity (Wildman–Crippen MR) is 131 cm³/mol. The van der Waals surface area contributed by atoms with Crippen molar-refractivity contribution in [2.24, 2.45) is 0 Å². The number of halogens is 1. The lowest BCUT2D eigenvalue weighted by Gasteiger charge is -2.22. The summed E-state index contributed by atoms with van der Waals surface area (Å²) in [6.07, 6.45) is 1.55. The molecule has 1 amide bonds. The lowest BCUT2D eigenvalue weighted by molar-refractivity contribution is 0.0991. The number of unbranched alkanes of at least 4 members (excludes halogenated alkanes) is 1. The molecule has 1 aromatic carbocycles. The molecule has 11 heteroatoms. The summed E-state index contributed by atoms with van der Waals surface area (Å²) in [5, 5.41) is 1.21. The molecule has 3 rings (SSSR count). The molecule has 0 radical (unpaired) electrons. The number of carbonyl (C=O) groups excluding carboxylic acids is 1. The monoisotopic (exact) mass is 491 g/mol. The number of hydrogen-bond donors (Lipinski definition) is 2. The van der Waals surface area contributed by atoms with E-state index < -0.39 is 17.2 Å². The summed E-state index contributed by atoms with van der Waals surface area (Å²) >= 11 is 7.07. The number of nitrogens with one attached hydrogen (secondary N) is 1. The van der Waals surface area contributed by atoms with Crippen LogP contribution in [-0.2, 0) is 13.2 Å². The normalized spacial score (nSPS) is 10.9. The third-order valence-electron chi connectivity index (χ3n) is 4.99. The molecule has 0 saturated heterocycles. The van der Waals surface area contributed by atoms with Crippen molar-refractivity contribution >= 4 is 40.4 Å². The van der Waals surface area contributed by atoms with Gasteiger partial charge in [0.25, 0.3) is 11.5 Å². The van der Waals surface area contributed by atoms with Crippen molar-refractivity contribution in [2.75, 3.05) is 17.2 Å². The van der Waals surface area contributed by atoms with Crippen LogP contribution in [0.1, 0.15) is 47.1 Å². The molecule has 2 aromatic heterocycles. The van der Waals surface area contributed by atoms with Crippen LogP contribution in [0.5, 0.6) is 5.75 Å². The molecular formula is C22H26ClN5O4S. The SMILES string of the molecule is CCCCn1c(N)c(N(CC)C(=O)c2sc(COc3ccc(Cl)cc3)nc2C)c(=O)[nH]c1=O. The van der Waals surface area contributed by atoms with E-state index in [2.05, 4.69) is 9.97 Å². The molecule has 0 atom stereocenters. The summed E-state index contributed by atoms with van der Waals surface area (Å²) in [5.74, 6) is 0.188. The van der Waals surface area contributed by atoms with Gasteiger partial charge in [0.15, 0.2) is 5.69 Å². The van der Waals surface area contributed by atoms with Gasteiger partial charge in [-0.25, -0.2) is 9.78 Å². The summed E-state index contributed by atoms with van der Waals surface area (Å²) in [6.45, 7) is 6.15. The van der Waals surface area contributed by atoms with Crippen molar-refractivity contribution in [3.05, 3.63) is 65.7 Å². The van der Waals surface area contributed by atoms with E-state index in [9.17, 15) is 14.4 Å². The van der Waals surface area contributed by atoms with Crippen molar-refractivity contribution in [1.29, 1.82) is 0 Å². The molecular weight excluding hydrogens is 466 g/mol. The van der Waals surface area contributed by atoms with E-state index in [-0.39, 0.29) is 24.7 Å². The minimum absolute atomic E-state index is 0.0270. The van der Waals surface area contributed by atoms with E-state index in [1.54, 1.807) is 38.1 Å². The summed E-state index contributed by atoms with van der Waals surface area (Å²) in [4.78, 5) is 46.6. The van der Waals surface area contributed by atoms with E-state index in [0.717, 1.165) is 6.42 Å². The van der Waals surface area contributed by atoms with Crippen molar-refractivity contribution < 1.29 is 9.53 Å². The number of aromatic amines is 1. The predicted octanol–water partition coefficient (Wildman–Crippen LogP) is 3.58. The fraction of sp³-hybridized carbons (Fsp3) is 0.364. The van der Waals surface area contributed by atoms with Crippen LogP contribution in [0.25, 0.3) is 0 Å². The number of H-pyrrole nitrogens is 1. The van der Waals surface area contributed by atoms with Crippen LogP contribution in [0, 0.1) is 6.92 Å². The van der Waals surface area contributed by atoms with Crippen molar-refractivity contribution in [2.45, 2.75) is 46.8 Å². The Balaban J connectivity index is 1.88. The first-order valence-corrected chi connectivity index (χ1v) is 11.7. The number of nitrogen functional groups attached to an aromatic ring is 1. The maximum atomic E-state index is 13.4. The average Bonchev–Trinajstić information content (AvgIpc) is 3.16. The first-order chi connectivity index (χ1) is 15.8. The van der Waals surface area contributed by atoms with Crippen molar-refractivity contribution in [3.8, 4) is 5.75 Å². The molecule has 0 fully saturated rings. The molecule has 2 heterocycles. The van der Waals surface area contributed by atoms with Gasteiger partial charge in [0.05, 0.1) is 5.69 Å². The highest BCUT2D eigenvalue weighted by Crippen LogP contribution is 2.26. The summed E-state index contributed by atoms with van der Waals surface area (Å²) in [5.41, 5.74) is 5.39. The zero-order chi connectivity index (χ0) is 24.1. The van der Waals surface area contributed by atoms with E-state index in [1.165, 1.54) is 20.8 Å². The molecule has 3 N–H and O–H groups in total. The number of anilines is 2. The Morgan fingerprint density at radius 3 is 2.61 bits per heavy atom. The smallest absolute Gasteiger partial charge is 0.330 e. The Labute approximate surface area is 199 Å². The second-order valence-corrected chi connectivity index (χ2v) is 8.83. The lowest BCUT2D eigenvalue weighted by Crippen LogP contribution is -2.41. The van der Waals surface area contributed by atoms with Gasteiger partial charge in [-0.05, 0) is 44.5 Å². The second kappa shape index (κ2) is 10.7. The molecule has 3 aromatic rings. The van der Waals surface area contributed by atoms with Gasteiger partial charge < -0.3 is 10.5 Å². The molecule has 0 aliphatic heterocycles. The third kappa shape index (κ3) is 5.45. The topological polar surface area (TPSA) is 123 Å². The van der Waals surface area contributed by atoms with E-state index >= 15 is 0 Å². The summed E-state index contributed by atoms with van der Waals surface area (Å²) < 4.78 is 7.02. The molecule has 0 aliphatic carbocycles. The largest absolute Gasteiger partial charge is 0.486 e. The lowest BCUT2D eigenvalue weighted by atomic mass is 10.3.